The lowest BCUT2D eigenvalue weighted by atomic mass is 10.2. The molecule has 0 aromatic heterocycles. The van der Waals surface area contributed by atoms with Crippen molar-refractivity contribution in [2.24, 2.45) is 5.92 Å². The van der Waals surface area contributed by atoms with Crippen LogP contribution in [0, 0.1) is 18.3 Å². The van der Waals surface area contributed by atoms with E-state index in [1.807, 2.05) is 57.2 Å². The second kappa shape index (κ2) is 22.2. The molecule has 1 heterocycles. The van der Waals surface area contributed by atoms with Crippen LogP contribution >= 0.6 is 0 Å². The highest BCUT2D eigenvalue weighted by Crippen LogP contribution is 2.24. The fourth-order valence-electron chi connectivity index (χ4n) is 3.20. The Balaban J connectivity index is 0.000000826. The molecule has 1 saturated heterocycles. The number of rotatable bonds is 9. The van der Waals surface area contributed by atoms with Gasteiger partial charge in [-0.2, -0.15) is 13.2 Å². The maximum atomic E-state index is 12.3. The Kier molecular flexibility index (Phi) is 20.4. The van der Waals surface area contributed by atoms with Gasteiger partial charge in [-0.1, -0.05) is 71.0 Å². The van der Waals surface area contributed by atoms with Crippen LogP contribution in [0.2, 0.25) is 0 Å². The van der Waals surface area contributed by atoms with Crippen molar-refractivity contribution >= 4 is 17.8 Å². The highest BCUT2D eigenvalue weighted by atomic mass is 19.4. The Morgan fingerprint density at radius 3 is 2.24 bits per heavy atom. The zero-order valence-electron chi connectivity index (χ0n) is 25.9. The summed E-state index contributed by atoms with van der Waals surface area (Å²) in [5, 5.41) is 9.37. The van der Waals surface area contributed by atoms with Crippen molar-refractivity contribution in [3.05, 3.63) is 84.0 Å². The van der Waals surface area contributed by atoms with Gasteiger partial charge in [0.2, 0.25) is 0 Å². The molecule has 1 aliphatic heterocycles. The molecule has 0 saturated carbocycles. The molecule has 0 spiro atoms. The van der Waals surface area contributed by atoms with E-state index in [-0.39, 0.29) is 12.3 Å². The Labute approximate surface area is 250 Å². The van der Waals surface area contributed by atoms with Crippen molar-refractivity contribution in [3.63, 3.8) is 0 Å². The number of halogens is 3. The van der Waals surface area contributed by atoms with Crippen molar-refractivity contribution in [2.75, 3.05) is 44.8 Å². The number of benzene rings is 2. The number of nitrogens with zero attached hydrogens (tertiary/aromatic N) is 1. The smallest absolute Gasteiger partial charge is 0.417 e. The van der Waals surface area contributed by atoms with Crippen LogP contribution in [-0.4, -0.2) is 62.7 Å². The Bertz CT molecular complexity index is 1060. The second-order valence-corrected chi connectivity index (χ2v) is 9.66. The van der Waals surface area contributed by atoms with Crippen LogP contribution in [0.15, 0.2) is 72.8 Å². The number of allylic oxidation sites excluding steroid dienone is 3. The topological polar surface area (TPSA) is 74.7 Å². The van der Waals surface area contributed by atoms with Gasteiger partial charge in [0, 0.05) is 43.2 Å². The van der Waals surface area contributed by atoms with Crippen LogP contribution in [0.3, 0.4) is 0 Å². The van der Waals surface area contributed by atoms with E-state index >= 15 is 0 Å². The third kappa shape index (κ3) is 17.4. The summed E-state index contributed by atoms with van der Waals surface area (Å²) in [5.74, 6) is 1.52. The van der Waals surface area contributed by atoms with Gasteiger partial charge in [0.15, 0.2) is 0 Å². The third-order valence-corrected chi connectivity index (χ3v) is 5.24. The number of nitrogens with one attached hydrogen (secondary N) is 2. The van der Waals surface area contributed by atoms with E-state index in [0.717, 1.165) is 61.8 Å². The number of anilines is 1. The summed E-state index contributed by atoms with van der Waals surface area (Å²) < 4.78 is 46.7. The SMILES string of the molecule is C=CC/C=C(\C=N)C(F)(F)F.CC.CC(C)C.Cc1ccc(NC(=O)c2ccccc2)cc1OCCN1CCOCC1. The van der Waals surface area contributed by atoms with Gasteiger partial charge in [-0.15, -0.1) is 6.58 Å². The molecule has 0 bridgehead atoms. The molecule has 6 nitrogen and oxygen atoms in total. The van der Waals surface area contributed by atoms with Crippen molar-refractivity contribution in [3.8, 4) is 5.75 Å². The first-order chi connectivity index (χ1) is 20.0. The van der Waals surface area contributed by atoms with Gasteiger partial charge in [0.1, 0.15) is 12.4 Å². The van der Waals surface area contributed by atoms with Gasteiger partial charge in [-0.3, -0.25) is 9.69 Å². The maximum absolute atomic E-state index is 12.3. The standard InChI is InChI=1S/C20H24N2O3.C7H8F3N.C4H10.C2H6/c1-16-7-8-18(21-20(23)17-5-3-2-4-6-17)15-19(16)25-14-11-22-9-12-24-13-10-22;1-2-3-4-6(5-11)7(8,9)10;1-4(2)3;1-2/h2-8,15H,9-14H2,1H3,(H,21,23);2,4-5,11H,1,3H2;4H,1-3H3;1-2H3/b;6-4+,11-5?;;. The van der Waals surface area contributed by atoms with Crippen LogP contribution in [0.1, 0.15) is 57.0 Å². The first-order valence-corrected chi connectivity index (χ1v) is 14.3. The number of amides is 1. The zero-order valence-corrected chi connectivity index (χ0v) is 25.9. The predicted octanol–water partition coefficient (Wildman–Crippen LogP) is 8.35. The molecular weight excluding hydrogens is 543 g/mol. The molecule has 1 amide bonds. The average molecular weight is 592 g/mol. The lowest BCUT2D eigenvalue weighted by Gasteiger charge is -2.26. The summed E-state index contributed by atoms with van der Waals surface area (Å²) in [6, 6.07) is 14.9. The molecule has 0 unspecified atom stereocenters. The van der Waals surface area contributed by atoms with E-state index < -0.39 is 11.7 Å². The quantitative estimate of drug-likeness (QED) is 0.227. The molecule has 0 atom stereocenters. The summed E-state index contributed by atoms with van der Waals surface area (Å²) in [6.07, 6.45) is -1.73. The number of hydrogen-bond acceptors (Lipinski definition) is 5. The van der Waals surface area contributed by atoms with E-state index in [1.165, 1.54) is 6.08 Å². The van der Waals surface area contributed by atoms with Crippen molar-refractivity contribution in [1.29, 1.82) is 5.41 Å². The van der Waals surface area contributed by atoms with Gasteiger partial charge in [0.05, 0.1) is 18.8 Å². The van der Waals surface area contributed by atoms with Crippen molar-refractivity contribution in [1.82, 2.24) is 4.90 Å². The minimum atomic E-state index is -4.41. The van der Waals surface area contributed by atoms with Crippen LogP contribution < -0.4 is 10.1 Å². The highest BCUT2D eigenvalue weighted by Gasteiger charge is 2.31. The van der Waals surface area contributed by atoms with Gasteiger partial charge in [-0.05, 0) is 43.0 Å². The summed E-state index contributed by atoms with van der Waals surface area (Å²) in [7, 11) is 0. The van der Waals surface area contributed by atoms with Crippen LogP contribution in [-0.2, 0) is 4.74 Å². The van der Waals surface area contributed by atoms with E-state index in [4.69, 9.17) is 14.9 Å². The molecule has 1 aliphatic rings. The molecule has 2 N–H and O–H groups in total. The number of alkyl halides is 3. The fraction of sp³-hybridized carbons (Fsp3) is 0.455. The zero-order chi connectivity index (χ0) is 32.0. The average Bonchev–Trinajstić information content (AvgIpc) is 2.96. The van der Waals surface area contributed by atoms with Gasteiger partial charge in [0.25, 0.3) is 5.91 Å². The molecule has 2 aromatic rings. The monoisotopic (exact) mass is 591 g/mol. The molecular formula is C33H48F3N3O3. The third-order valence-electron chi connectivity index (χ3n) is 5.24. The molecule has 2 aromatic carbocycles. The molecule has 42 heavy (non-hydrogen) atoms. The van der Waals surface area contributed by atoms with E-state index in [9.17, 15) is 18.0 Å². The summed E-state index contributed by atoms with van der Waals surface area (Å²) >= 11 is 0. The Morgan fingerprint density at radius 1 is 1.12 bits per heavy atom. The lowest BCUT2D eigenvalue weighted by Crippen LogP contribution is -2.38. The molecule has 0 radical (unpaired) electrons. The molecule has 3 rings (SSSR count). The Hall–Kier alpha value is -3.43. The lowest BCUT2D eigenvalue weighted by molar-refractivity contribution is -0.0858. The fourth-order valence-corrected chi connectivity index (χ4v) is 3.20. The first-order valence-electron chi connectivity index (χ1n) is 14.3. The number of hydrogen-bond donors (Lipinski definition) is 2. The molecule has 1 fully saturated rings. The summed E-state index contributed by atoms with van der Waals surface area (Å²) in [5.41, 5.74) is 1.50. The maximum Gasteiger partial charge on any atom is 0.417 e. The number of morpholine rings is 1. The van der Waals surface area contributed by atoms with Crippen LogP contribution in [0.4, 0.5) is 18.9 Å². The summed E-state index contributed by atoms with van der Waals surface area (Å²) in [4.78, 5) is 14.6. The van der Waals surface area contributed by atoms with Crippen molar-refractivity contribution in [2.45, 2.75) is 54.1 Å². The number of carbonyl (C=O) groups excluding carboxylic acids is 1. The second-order valence-electron chi connectivity index (χ2n) is 9.66. The molecule has 9 heteroatoms. The van der Waals surface area contributed by atoms with Crippen molar-refractivity contribution < 1.29 is 27.4 Å². The normalized spacial score (nSPS) is 13.2. The van der Waals surface area contributed by atoms with E-state index in [2.05, 4.69) is 37.6 Å². The number of carbonyl (C=O) groups is 1. The highest BCUT2D eigenvalue weighted by molar-refractivity contribution is 6.04. The van der Waals surface area contributed by atoms with Gasteiger partial charge < -0.3 is 20.2 Å². The van der Waals surface area contributed by atoms with Crippen LogP contribution in [0.25, 0.3) is 0 Å². The van der Waals surface area contributed by atoms with Gasteiger partial charge in [-0.25, -0.2) is 0 Å². The Morgan fingerprint density at radius 2 is 1.71 bits per heavy atom. The first kappa shape index (κ1) is 38.6. The number of aryl methyl sites for hydroxylation is 1. The molecule has 234 valence electrons. The predicted molar refractivity (Wildman–Crippen MR) is 168 cm³/mol. The molecule has 0 aliphatic carbocycles. The minimum absolute atomic E-state index is 0.122. The van der Waals surface area contributed by atoms with E-state index in [1.54, 1.807) is 12.1 Å². The van der Waals surface area contributed by atoms with E-state index in [0.29, 0.717) is 18.4 Å². The number of ether oxygens (including phenoxy) is 2. The largest absolute Gasteiger partial charge is 0.492 e. The minimum Gasteiger partial charge on any atom is -0.492 e. The summed E-state index contributed by atoms with van der Waals surface area (Å²) in [6.45, 7) is 20.8. The van der Waals surface area contributed by atoms with Crippen LogP contribution in [0.5, 0.6) is 5.75 Å². The van der Waals surface area contributed by atoms with Gasteiger partial charge >= 0.3 is 6.18 Å².